The zero-order valence-electron chi connectivity index (χ0n) is 11.5. The molecule has 108 valence electrons. The summed E-state index contributed by atoms with van der Waals surface area (Å²) in [6.07, 6.45) is 0.272. The molecule has 1 heterocycles. The predicted molar refractivity (Wildman–Crippen MR) is 76.1 cm³/mol. The Balaban J connectivity index is 1.94. The summed E-state index contributed by atoms with van der Waals surface area (Å²) in [7, 11) is 0. The topological polar surface area (TPSA) is 79.5 Å². The zero-order valence-corrected chi connectivity index (χ0v) is 11.5. The summed E-state index contributed by atoms with van der Waals surface area (Å²) in [6, 6.07) is 5.40. The highest BCUT2D eigenvalue weighted by molar-refractivity contribution is 5.99. The van der Waals surface area contributed by atoms with Crippen molar-refractivity contribution in [2.75, 3.05) is 31.6 Å². The average molecular weight is 277 g/mol. The van der Waals surface area contributed by atoms with E-state index in [1.165, 1.54) is 0 Å². The maximum absolute atomic E-state index is 12.1. The smallest absolute Gasteiger partial charge is 0.255 e. The van der Waals surface area contributed by atoms with E-state index in [2.05, 4.69) is 16.0 Å². The van der Waals surface area contributed by atoms with Crippen LogP contribution in [0.1, 0.15) is 23.7 Å². The number of anilines is 1. The molecule has 0 spiro atoms. The number of amides is 2. The van der Waals surface area contributed by atoms with Gasteiger partial charge in [-0.25, -0.2) is 0 Å². The van der Waals surface area contributed by atoms with Crippen LogP contribution in [0, 0.1) is 0 Å². The molecule has 1 aliphatic rings. The summed E-state index contributed by atoms with van der Waals surface area (Å²) < 4.78 is 5.54. The molecule has 6 heteroatoms. The molecule has 3 N–H and O–H groups in total. The molecule has 1 aliphatic heterocycles. The molecule has 0 saturated heterocycles. The molecule has 1 aromatic carbocycles. The molecule has 0 fully saturated rings. The Morgan fingerprint density at radius 2 is 2.20 bits per heavy atom. The summed E-state index contributed by atoms with van der Waals surface area (Å²) in [5, 5.41) is 8.59. The van der Waals surface area contributed by atoms with Crippen LogP contribution in [-0.2, 0) is 4.79 Å². The second kappa shape index (κ2) is 6.79. The molecule has 20 heavy (non-hydrogen) atoms. The number of nitrogens with one attached hydrogen (secondary N) is 3. The average Bonchev–Trinajstić information content (AvgIpc) is 2.47. The minimum absolute atomic E-state index is 0.0687. The molecule has 6 nitrogen and oxygen atoms in total. The van der Waals surface area contributed by atoms with Gasteiger partial charge in [0.25, 0.3) is 5.91 Å². The van der Waals surface area contributed by atoms with Crippen molar-refractivity contribution in [3.63, 3.8) is 0 Å². The standard InChI is InChI=1S/C14H19N3O3/c1-2-15-12(18)6-7-17-14(19)10-4-3-5-11-13(10)20-9-8-16-11/h3-5,16H,2,6-9H2,1H3,(H,15,18)(H,17,19). The molecule has 0 unspecified atom stereocenters. The Morgan fingerprint density at radius 1 is 1.35 bits per heavy atom. The van der Waals surface area contributed by atoms with Crippen LogP contribution in [0.5, 0.6) is 5.75 Å². The molecule has 2 rings (SSSR count). The Labute approximate surface area is 117 Å². The lowest BCUT2D eigenvalue weighted by Crippen LogP contribution is -2.31. The van der Waals surface area contributed by atoms with Crippen LogP contribution in [0.3, 0.4) is 0 Å². The number of ether oxygens (including phenoxy) is 1. The molecule has 0 radical (unpaired) electrons. The number of hydrogen-bond donors (Lipinski definition) is 3. The minimum Gasteiger partial charge on any atom is -0.489 e. The predicted octanol–water partition coefficient (Wildman–Crippen LogP) is 0.747. The van der Waals surface area contributed by atoms with Crippen LogP contribution >= 0.6 is 0 Å². The fourth-order valence-corrected chi connectivity index (χ4v) is 2.02. The summed E-state index contributed by atoms with van der Waals surface area (Å²) in [4.78, 5) is 23.4. The second-order valence-electron chi connectivity index (χ2n) is 4.42. The van der Waals surface area contributed by atoms with E-state index < -0.39 is 0 Å². The molecular weight excluding hydrogens is 258 g/mol. The van der Waals surface area contributed by atoms with Crippen molar-refractivity contribution < 1.29 is 14.3 Å². The number of carbonyl (C=O) groups excluding carboxylic acids is 2. The molecule has 0 aromatic heterocycles. The first-order chi connectivity index (χ1) is 9.72. The van der Waals surface area contributed by atoms with Crippen LogP contribution in [-0.4, -0.2) is 38.1 Å². The van der Waals surface area contributed by atoms with E-state index in [0.717, 1.165) is 12.2 Å². The molecular formula is C14H19N3O3. The van der Waals surface area contributed by atoms with Gasteiger partial charge < -0.3 is 20.7 Å². The van der Waals surface area contributed by atoms with Gasteiger partial charge in [-0.2, -0.15) is 0 Å². The van der Waals surface area contributed by atoms with Crippen molar-refractivity contribution in [1.29, 1.82) is 0 Å². The van der Waals surface area contributed by atoms with Gasteiger partial charge in [0, 0.05) is 26.1 Å². The fourth-order valence-electron chi connectivity index (χ4n) is 2.02. The number of carbonyl (C=O) groups is 2. The monoisotopic (exact) mass is 277 g/mol. The molecule has 0 bridgehead atoms. The Hall–Kier alpha value is -2.24. The summed E-state index contributed by atoms with van der Waals surface area (Å²) in [5.74, 6) is 0.282. The highest BCUT2D eigenvalue weighted by Gasteiger charge is 2.18. The normalized spacial score (nSPS) is 12.7. The third-order valence-corrected chi connectivity index (χ3v) is 2.94. The third-order valence-electron chi connectivity index (χ3n) is 2.94. The quantitative estimate of drug-likeness (QED) is 0.742. The van der Waals surface area contributed by atoms with E-state index in [1.807, 2.05) is 13.0 Å². The Bertz CT molecular complexity index is 502. The molecule has 0 aliphatic carbocycles. The van der Waals surface area contributed by atoms with Gasteiger partial charge in [-0.15, -0.1) is 0 Å². The van der Waals surface area contributed by atoms with Gasteiger partial charge >= 0.3 is 0 Å². The Kier molecular flexibility index (Phi) is 4.81. The number of benzene rings is 1. The third kappa shape index (κ3) is 3.40. The van der Waals surface area contributed by atoms with Crippen molar-refractivity contribution in [2.45, 2.75) is 13.3 Å². The van der Waals surface area contributed by atoms with Gasteiger partial charge in [0.05, 0.1) is 11.3 Å². The van der Waals surface area contributed by atoms with E-state index in [0.29, 0.717) is 31.0 Å². The molecule has 0 saturated carbocycles. The van der Waals surface area contributed by atoms with Crippen molar-refractivity contribution in [1.82, 2.24) is 10.6 Å². The summed E-state index contributed by atoms with van der Waals surface area (Å²) >= 11 is 0. The van der Waals surface area contributed by atoms with Gasteiger partial charge in [-0.3, -0.25) is 9.59 Å². The van der Waals surface area contributed by atoms with Crippen LogP contribution in [0.15, 0.2) is 18.2 Å². The first kappa shape index (κ1) is 14.2. The van der Waals surface area contributed by atoms with Crippen LogP contribution in [0.2, 0.25) is 0 Å². The SMILES string of the molecule is CCNC(=O)CCNC(=O)c1cccc2c1OCCN2. The number of hydrogen-bond acceptors (Lipinski definition) is 4. The van der Waals surface area contributed by atoms with Crippen molar-refractivity contribution >= 4 is 17.5 Å². The highest BCUT2D eigenvalue weighted by Crippen LogP contribution is 2.30. The van der Waals surface area contributed by atoms with Crippen molar-refractivity contribution in [3.05, 3.63) is 23.8 Å². The van der Waals surface area contributed by atoms with Gasteiger partial charge in [0.2, 0.25) is 5.91 Å². The van der Waals surface area contributed by atoms with Crippen molar-refractivity contribution in [2.24, 2.45) is 0 Å². The Morgan fingerprint density at radius 3 is 3.00 bits per heavy atom. The first-order valence-corrected chi connectivity index (χ1v) is 6.77. The van der Waals surface area contributed by atoms with Crippen LogP contribution in [0.4, 0.5) is 5.69 Å². The van der Waals surface area contributed by atoms with E-state index in [4.69, 9.17) is 4.74 Å². The lowest BCUT2D eigenvalue weighted by molar-refractivity contribution is -0.120. The van der Waals surface area contributed by atoms with Gasteiger partial charge in [0.1, 0.15) is 6.61 Å². The lowest BCUT2D eigenvalue weighted by atomic mass is 10.1. The molecule has 0 atom stereocenters. The van der Waals surface area contributed by atoms with Crippen LogP contribution < -0.4 is 20.7 Å². The molecule has 1 aromatic rings. The van der Waals surface area contributed by atoms with E-state index >= 15 is 0 Å². The van der Waals surface area contributed by atoms with Gasteiger partial charge in [0.15, 0.2) is 5.75 Å². The van der Waals surface area contributed by atoms with E-state index in [1.54, 1.807) is 12.1 Å². The lowest BCUT2D eigenvalue weighted by Gasteiger charge is -2.21. The molecule has 2 amide bonds. The summed E-state index contributed by atoms with van der Waals surface area (Å²) in [5.41, 5.74) is 1.32. The maximum atomic E-state index is 12.1. The zero-order chi connectivity index (χ0) is 14.4. The number of para-hydroxylation sites is 1. The van der Waals surface area contributed by atoms with Crippen molar-refractivity contribution in [3.8, 4) is 5.75 Å². The van der Waals surface area contributed by atoms with E-state index in [9.17, 15) is 9.59 Å². The van der Waals surface area contributed by atoms with Gasteiger partial charge in [-0.1, -0.05) is 6.07 Å². The van der Waals surface area contributed by atoms with Gasteiger partial charge in [-0.05, 0) is 19.1 Å². The van der Waals surface area contributed by atoms with Crippen LogP contribution in [0.25, 0.3) is 0 Å². The maximum Gasteiger partial charge on any atom is 0.255 e. The largest absolute Gasteiger partial charge is 0.489 e. The number of fused-ring (bicyclic) bond motifs is 1. The number of rotatable bonds is 5. The minimum atomic E-state index is -0.227. The summed E-state index contributed by atoms with van der Waals surface area (Å²) in [6.45, 7) is 4.03. The fraction of sp³-hybridized carbons (Fsp3) is 0.429. The van der Waals surface area contributed by atoms with E-state index in [-0.39, 0.29) is 18.2 Å². The first-order valence-electron chi connectivity index (χ1n) is 6.77. The highest BCUT2D eigenvalue weighted by atomic mass is 16.5. The second-order valence-corrected chi connectivity index (χ2v) is 4.42.